The minimum absolute atomic E-state index is 0.378. The first kappa shape index (κ1) is 11.3. The zero-order valence-corrected chi connectivity index (χ0v) is 10.9. The van der Waals surface area contributed by atoms with E-state index in [1.165, 1.54) is 0 Å². The maximum absolute atomic E-state index is 6.13. The van der Waals surface area contributed by atoms with E-state index in [0.717, 1.165) is 46.4 Å². The van der Waals surface area contributed by atoms with Crippen LogP contribution in [0.2, 0.25) is 5.02 Å². The molecule has 1 aromatic heterocycles. The smallest absolute Gasteiger partial charge is 0.184 e. The number of hydrogen-bond acceptors (Lipinski definition) is 4. The summed E-state index contributed by atoms with van der Waals surface area (Å²) in [7, 11) is 0. The summed E-state index contributed by atoms with van der Waals surface area (Å²) in [5.74, 6) is 0. The zero-order valence-electron chi connectivity index (χ0n) is 9.28. The van der Waals surface area contributed by atoms with Gasteiger partial charge in [0.1, 0.15) is 0 Å². The monoisotopic (exact) mass is 268 g/mol. The summed E-state index contributed by atoms with van der Waals surface area (Å²) in [4.78, 5) is 4.54. The Kier molecular flexibility index (Phi) is 3.18. The molecule has 3 nitrogen and oxygen atoms in total. The number of anilines is 1. The van der Waals surface area contributed by atoms with Crippen molar-refractivity contribution in [1.82, 2.24) is 4.98 Å². The normalized spacial score (nSPS) is 20.6. The summed E-state index contributed by atoms with van der Waals surface area (Å²) in [6, 6.07) is 6.19. The molecule has 1 atom stereocenters. The number of halogens is 1. The van der Waals surface area contributed by atoms with Crippen LogP contribution in [0.1, 0.15) is 12.8 Å². The Morgan fingerprint density at radius 2 is 2.41 bits per heavy atom. The Hall–Kier alpha value is -0.840. The molecule has 0 spiro atoms. The molecule has 0 radical (unpaired) electrons. The molecule has 90 valence electrons. The first-order valence-corrected chi connectivity index (χ1v) is 6.92. The Bertz CT molecular complexity index is 522. The molecule has 1 aliphatic rings. The quantitative estimate of drug-likeness (QED) is 0.905. The molecule has 0 saturated carbocycles. The Morgan fingerprint density at radius 3 is 3.18 bits per heavy atom. The zero-order chi connectivity index (χ0) is 11.7. The highest BCUT2D eigenvalue weighted by Crippen LogP contribution is 2.32. The van der Waals surface area contributed by atoms with E-state index in [-0.39, 0.29) is 0 Å². The average Bonchev–Trinajstić information content (AvgIpc) is 2.74. The molecule has 0 amide bonds. The highest BCUT2D eigenvalue weighted by molar-refractivity contribution is 7.22. The number of benzene rings is 1. The Balaban J connectivity index is 1.83. The van der Waals surface area contributed by atoms with Crippen LogP contribution in [0.25, 0.3) is 10.2 Å². The van der Waals surface area contributed by atoms with Gasteiger partial charge in [0.25, 0.3) is 0 Å². The van der Waals surface area contributed by atoms with Gasteiger partial charge in [-0.3, -0.25) is 0 Å². The largest absolute Gasteiger partial charge is 0.379 e. The maximum Gasteiger partial charge on any atom is 0.184 e. The summed E-state index contributed by atoms with van der Waals surface area (Å²) >= 11 is 7.74. The number of aromatic nitrogens is 1. The lowest BCUT2D eigenvalue weighted by molar-refractivity contribution is 0.0876. The fourth-order valence-electron chi connectivity index (χ4n) is 2.01. The number of ether oxygens (including phenoxy) is 1. The van der Waals surface area contributed by atoms with Crippen molar-refractivity contribution >= 4 is 38.3 Å². The molecule has 0 aliphatic carbocycles. The molecule has 1 unspecified atom stereocenters. The number of thiazole rings is 1. The lowest BCUT2D eigenvalue weighted by Crippen LogP contribution is -2.29. The lowest BCUT2D eigenvalue weighted by atomic mass is 10.1. The number of nitrogens with zero attached hydrogens (tertiary/aromatic N) is 1. The van der Waals surface area contributed by atoms with Gasteiger partial charge in [-0.1, -0.05) is 29.0 Å². The maximum atomic E-state index is 6.13. The molecule has 5 heteroatoms. The molecule has 17 heavy (non-hydrogen) atoms. The van der Waals surface area contributed by atoms with E-state index in [1.807, 2.05) is 18.2 Å². The van der Waals surface area contributed by atoms with E-state index in [4.69, 9.17) is 16.3 Å². The third-order valence-corrected chi connectivity index (χ3v) is 4.32. The molecule has 0 bridgehead atoms. The van der Waals surface area contributed by atoms with E-state index >= 15 is 0 Å². The van der Waals surface area contributed by atoms with Gasteiger partial charge in [0.05, 0.1) is 27.9 Å². The van der Waals surface area contributed by atoms with Crippen molar-refractivity contribution < 1.29 is 4.74 Å². The van der Waals surface area contributed by atoms with E-state index in [1.54, 1.807) is 11.3 Å². The van der Waals surface area contributed by atoms with Crippen molar-refractivity contribution in [2.24, 2.45) is 0 Å². The van der Waals surface area contributed by atoms with Crippen molar-refractivity contribution in [2.45, 2.75) is 18.9 Å². The number of fused-ring (bicyclic) bond motifs is 1. The van der Waals surface area contributed by atoms with Crippen LogP contribution in [0.3, 0.4) is 0 Å². The summed E-state index contributed by atoms with van der Waals surface area (Å²) in [6.45, 7) is 1.65. The summed E-state index contributed by atoms with van der Waals surface area (Å²) < 4.78 is 6.49. The SMILES string of the molecule is Clc1cccc2nc(NC3CCCOC3)sc12. The summed E-state index contributed by atoms with van der Waals surface area (Å²) in [6.07, 6.45) is 2.26. The van der Waals surface area contributed by atoms with Gasteiger partial charge in [-0.2, -0.15) is 0 Å². The minimum atomic E-state index is 0.378. The molecule has 3 rings (SSSR count). The Morgan fingerprint density at radius 1 is 1.47 bits per heavy atom. The van der Waals surface area contributed by atoms with Crippen LogP contribution in [0.15, 0.2) is 18.2 Å². The molecular weight excluding hydrogens is 256 g/mol. The Labute approximate surface area is 109 Å². The standard InChI is InChI=1S/C12H13ClN2OS/c13-9-4-1-5-10-11(9)17-12(15-10)14-8-3-2-6-16-7-8/h1,4-5,8H,2-3,6-7H2,(H,14,15). The molecule has 1 saturated heterocycles. The van der Waals surface area contributed by atoms with Crippen molar-refractivity contribution in [3.63, 3.8) is 0 Å². The van der Waals surface area contributed by atoms with Crippen molar-refractivity contribution in [3.8, 4) is 0 Å². The molecule has 2 heterocycles. The lowest BCUT2D eigenvalue weighted by Gasteiger charge is -2.22. The van der Waals surface area contributed by atoms with E-state index < -0.39 is 0 Å². The van der Waals surface area contributed by atoms with Crippen LogP contribution in [0.4, 0.5) is 5.13 Å². The molecule has 2 aromatic rings. The van der Waals surface area contributed by atoms with E-state index in [0.29, 0.717) is 6.04 Å². The van der Waals surface area contributed by atoms with Crippen LogP contribution in [-0.4, -0.2) is 24.2 Å². The topological polar surface area (TPSA) is 34.2 Å². The van der Waals surface area contributed by atoms with E-state index in [2.05, 4.69) is 10.3 Å². The van der Waals surface area contributed by atoms with Gasteiger partial charge in [-0.05, 0) is 25.0 Å². The van der Waals surface area contributed by atoms with Crippen molar-refractivity contribution in [2.75, 3.05) is 18.5 Å². The van der Waals surface area contributed by atoms with E-state index in [9.17, 15) is 0 Å². The van der Waals surface area contributed by atoms with Gasteiger partial charge in [0.15, 0.2) is 5.13 Å². The fraction of sp³-hybridized carbons (Fsp3) is 0.417. The van der Waals surface area contributed by atoms with Gasteiger partial charge in [-0.15, -0.1) is 0 Å². The van der Waals surface area contributed by atoms with Gasteiger partial charge >= 0.3 is 0 Å². The fourth-order valence-corrected chi connectivity index (χ4v) is 3.24. The second-order valence-electron chi connectivity index (χ2n) is 4.17. The minimum Gasteiger partial charge on any atom is -0.379 e. The highest BCUT2D eigenvalue weighted by Gasteiger charge is 2.15. The molecule has 1 aromatic carbocycles. The number of rotatable bonds is 2. The first-order valence-electron chi connectivity index (χ1n) is 5.72. The molecule has 1 fully saturated rings. The van der Waals surface area contributed by atoms with Crippen molar-refractivity contribution in [1.29, 1.82) is 0 Å². The second-order valence-corrected chi connectivity index (χ2v) is 5.57. The van der Waals surface area contributed by atoms with Crippen LogP contribution >= 0.6 is 22.9 Å². The van der Waals surface area contributed by atoms with Crippen LogP contribution in [0.5, 0.6) is 0 Å². The van der Waals surface area contributed by atoms with Gasteiger partial charge in [0, 0.05) is 6.61 Å². The molecule has 1 N–H and O–H groups in total. The summed E-state index contributed by atoms with van der Waals surface area (Å²) in [5, 5.41) is 5.13. The highest BCUT2D eigenvalue weighted by atomic mass is 35.5. The predicted octanol–water partition coefficient (Wildman–Crippen LogP) is 3.54. The van der Waals surface area contributed by atoms with Gasteiger partial charge < -0.3 is 10.1 Å². The third-order valence-electron chi connectivity index (χ3n) is 2.85. The second kappa shape index (κ2) is 4.80. The third kappa shape index (κ3) is 2.39. The van der Waals surface area contributed by atoms with Gasteiger partial charge in [-0.25, -0.2) is 4.98 Å². The number of hydrogen-bond donors (Lipinski definition) is 1. The van der Waals surface area contributed by atoms with Crippen LogP contribution in [0, 0.1) is 0 Å². The average molecular weight is 269 g/mol. The number of nitrogens with one attached hydrogen (secondary N) is 1. The first-order chi connectivity index (χ1) is 8.33. The van der Waals surface area contributed by atoms with Crippen LogP contribution in [-0.2, 0) is 4.74 Å². The van der Waals surface area contributed by atoms with Gasteiger partial charge in [0.2, 0.25) is 0 Å². The summed E-state index contributed by atoms with van der Waals surface area (Å²) in [5.41, 5.74) is 0.960. The predicted molar refractivity (Wildman–Crippen MR) is 72.1 cm³/mol. The molecular formula is C12H13ClN2OS. The van der Waals surface area contributed by atoms with Crippen molar-refractivity contribution in [3.05, 3.63) is 23.2 Å². The molecule has 1 aliphatic heterocycles. The van der Waals surface area contributed by atoms with Crippen LogP contribution < -0.4 is 5.32 Å².